The first kappa shape index (κ1) is 13.6. The Morgan fingerprint density at radius 2 is 2.17 bits per heavy atom. The van der Waals surface area contributed by atoms with E-state index in [9.17, 15) is 8.78 Å². The molecule has 1 aliphatic carbocycles. The molecule has 18 heavy (non-hydrogen) atoms. The van der Waals surface area contributed by atoms with Crippen LogP contribution in [0.2, 0.25) is 0 Å². The predicted molar refractivity (Wildman–Crippen MR) is 65.4 cm³/mol. The van der Waals surface area contributed by atoms with Gasteiger partial charge in [-0.25, -0.2) is 8.78 Å². The molecule has 0 saturated heterocycles. The number of hydrogen-bond acceptors (Lipinski definition) is 3. The van der Waals surface area contributed by atoms with Crippen LogP contribution in [0, 0.1) is 4.77 Å². The van der Waals surface area contributed by atoms with E-state index in [4.69, 9.17) is 17.0 Å². The van der Waals surface area contributed by atoms with Gasteiger partial charge in [-0.3, -0.25) is 5.10 Å². The van der Waals surface area contributed by atoms with E-state index in [1.54, 1.807) is 7.11 Å². The molecule has 1 saturated carbocycles. The second-order valence-electron chi connectivity index (χ2n) is 4.66. The summed E-state index contributed by atoms with van der Waals surface area (Å²) in [6, 6.07) is 0. The molecule has 1 aromatic rings. The Morgan fingerprint density at radius 3 is 2.78 bits per heavy atom. The van der Waals surface area contributed by atoms with Gasteiger partial charge in [0, 0.05) is 32.4 Å². The van der Waals surface area contributed by atoms with E-state index < -0.39 is 5.92 Å². The molecule has 0 aliphatic heterocycles. The van der Waals surface area contributed by atoms with Crippen molar-refractivity contribution in [1.82, 2.24) is 14.8 Å². The zero-order valence-corrected chi connectivity index (χ0v) is 11.1. The van der Waals surface area contributed by atoms with Gasteiger partial charge >= 0.3 is 0 Å². The molecule has 0 spiro atoms. The molecule has 4 nitrogen and oxygen atoms in total. The van der Waals surface area contributed by atoms with Crippen molar-refractivity contribution in [1.29, 1.82) is 0 Å². The van der Waals surface area contributed by atoms with Gasteiger partial charge in [-0.2, -0.15) is 5.10 Å². The SMILES string of the molecule is COCCn1c(C2CCC(F)(F)CC2)n[nH]c1=S. The number of nitrogens with one attached hydrogen (secondary N) is 1. The van der Waals surface area contributed by atoms with E-state index in [2.05, 4.69) is 10.2 Å². The van der Waals surface area contributed by atoms with Gasteiger partial charge in [0.25, 0.3) is 0 Å². The summed E-state index contributed by atoms with van der Waals surface area (Å²) in [5, 5.41) is 6.92. The molecule has 102 valence electrons. The lowest BCUT2D eigenvalue weighted by Crippen LogP contribution is -2.25. The maximum Gasteiger partial charge on any atom is 0.248 e. The number of aromatic amines is 1. The zero-order chi connectivity index (χ0) is 13.2. The van der Waals surface area contributed by atoms with Crippen molar-refractivity contribution < 1.29 is 13.5 Å². The molecule has 2 rings (SSSR count). The number of H-pyrrole nitrogens is 1. The van der Waals surface area contributed by atoms with Crippen molar-refractivity contribution in [3.8, 4) is 0 Å². The fourth-order valence-electron chi connectivity index (χ4n) is 2.34. The maximum absolute atomic E-state index is 13.1. The highest BCUT2D eigenvalue weighted by molar-refractivity contribution is 7.71. The number of hydrogen-bond donors (Lipinski definition) is 1. The van der Waals surface area contributed by atoms with E-state index in [0.29, 0.717) is 30.8 Å². The minimum Gasteiger partial charge on any atom is -0.383 e. The summed E-state index contributed by atoms with van der Waals surface area (Å²) in [6.07, 6.45) is 0.780. The normalized spacial score (nSPS) is 20.2. The molecular formula is C11H17F2N3OS. The lowest BCUT2D eigenvalue weighted by atomic mass is 9.86. The quantitative estimate of drug-likeness (QED) is 0.861. The molecular weight excluding hydrogens is 260 g/mol. The Hall–Kier alpha value is -0.820. The molecule has 1 N–H and O–H groups in total. The summed E-state index contributed by atoms with van der Waals surface area (Å²) >= 11 is 5.14. The Balaban J connectivity index is 2.11. The average molecular weight is 277 g/mol. The third-order valence-corrected chi connectivity index (χ3v) is 3.70. The molecule has 0 aromatic carbocycles. The van der Waals surface area contributed by atoms with Crippen molar-refractivity contribution in [2.75, 3.05) is 13.7 Å². The number of halogens is 2. The van der Waals surface area contributed by atoms with Crippen LogP contribution in [0.25, 0.3) is 0 Å². The first-order valence-electron chi connectivity index (χ1n) is 6.05. The van der Waals surface area contributed by atoms with Gasteiger partial charge in [0.15, 0.2) is 4.77 Å². The van der Waals surface area contributed by atoms with Crippen LogP contribution < -0.4 is 0 Å². The van der Waals surface area contributed by atoms with Crippen molar-refractivity contribution in [3.05, 3.63) is 10.6 Å². The number of alkyl halides is 2. The molecule has 1 aromatic heterocycles. The molecule has 1 fully saturated rings. The lowest BCUT2D eigenvalue weighted by Gasteiger charge is -2.27. The van der Waals surface area contributed by atoms with Gasteiger partial charge in [-0.1, -0.05) is 0 Å². The Kier molecular flexibility index (Phi) is 4.11. The van der Waals surface area contributed by atoms with Gasteiger partial charge in [0.05, 0.1) is 6.61 Å². The lowest BCUT2D eigenvalue weighted by molar-refractivity contribution is -0.0390. The molecule has 0 bridgehead atoms. The van der Waals surface area contributed by atoms with Gasteiger partial charge in [-0.05, 0) is 25.1 Å². The molecule has 1 aliphatic rings. The number of rotatable bonds is 4. The fraction of sp³-hybridized carbons (Fsp3) is 0.818. The Morgan fingerprint density at radius 1 is 1.50 bits per heavy atom. The summed E-state index contributed by atoms with van der Waals surface area (Å²) < 4.78 is 33.7. The van der Waals surface area contributed by atoms with E-state index in [0.717, 1.165) is 5.82 Å². The van der Waals surface area contributed by atoms with Crippen LogP contribution in [0.3, 0.4) is 0 Å². The summed E-state index contributed by atoms with van der Waals surface area (Å²) in [6.45, 7) is 1.14. The number of aromatic nitrogens is 3. The molecule has 0 atom stereocenters. The minimum absolute atomic E-state index is 0.0643. The highest BCUT2D eigenvalue weighted by atomic mass is 32.1. The highest BCUT2D eigenvalue weighted by Gasteiger charge is 2.36. The van der Waals surface area contributed by atoms with Crippen LogP contribution in [0.5, 0.6) is 0 Å². The summed E-state index contributed by atoms with van der Waals surface area (Å²) in [7, 11) is 1.62. The zero-order valence-electron chi connectivity index (χ0n) is 10.3. The summed E-state index contributed by atoms with van der Waals surface area (Å²) in [4.78, 5) is 0. The minimum atomic E-state index is -2.51. The second kappa shape index (κ2) is 5.44. The van der Waals surface area contributed by atoms with Gasteiger partial charge in [0.2, 0.25) is 5.92 Å². The first-order valence-corrected chi connectivity index (χ1v) is 6.46. The largest absolute Gasteiger partial charge is 0.383 e. The van der Waals surface area contributed by atoms with Crippen LogP contribution in [0.15, 0.2) is 0 Å². The monoisotopic (exact) mass is 277 g/mol. The van der Waals surface area contributed by atoms with E-state index in [1.807, 2.05) is 4.57 Å². The predicted octanol–water partition coefficient (Wildman–Crippen LogP) is 2.88. The van der Waals surface area contributed by atoms with Crippen LogP contribution in [-0.2, 0) is 11.3 Å². The first-order chi connectivity index (χ1) is 8.53. The highest BCUT2D eigenvalue weighted by Crippen LogP contribution is 2.40. The standard InChI is InChI=1S/C11H17F2N3OS/c1-17-7-6-16-9(14-15-10(16)18)8-2-4-11(12,13)5-3-8/h8H,2-7H2,1H3,(H,15,18). The third kappa shape index (κ3) is 2.95. The van der Waals surface area contributed by atoms with E-state index in [1.165, 1.54) is 0 Å². The fourth-order valence-corrected chi connectivity index (χ4v) is 2.57. The van der Waals surface area contributed by atoms with Crippen LogP contribution in [0.4, 0.5) is 8.78 Å². The van der Waals surface area contributed by atoms with Crippen molar-refractivity contribution in [2.45, 2.75) is 44.1 Å². The number of nitrogens with zero attached hydrogens (tertiary/aromatic N) is 2. The molecule has 7 heteroatoms. The topological polar surface area (TPSA) is 42.8 Å². The van der Waals surface area contributed by atoms with Crippen molar-refractivity contribution >= 4 is 12.2 Å². The number of ether oxygens (including phenoxy) is 1. The molecule has 0 amide bonds. The van der Waals surface area contributed by atoms with Crippen molar-refractivity contribution in [3.63, 3.8) is 0 Å². The smallest absolute Gasteiger partial charge is 0.248 e. The third-order valence-electron chi connectivity index (χ3n) is 3.39. The van der Waals surface area contributed by atoms with E-state index >= 15 is 0 Å². The Labute approximate surface area is 109 Å². The number of methoxy groups -OCH3 is 1. The summed E-state index contributed by atoms with van der Waals surface area (Å²) in [5.74, 6) is -1.66. The van der Waals surface area contributed by atoms with Gasteiger partial charge in [-0.15, -0.1) is 0 Å². The van der Waals surface area contributed by atoms with Crippen LogP contribution in [-0.4, -0.2) is 34.4 Å². The van der Waals surface area contributed by atoms with Crippen LogP contribution in [0.1, 0.15) is 37.4 Å². The molecule has 0 unspecified atom stereocenters. The Bertz CT molecular complexity index is 447. The van der Waals surface area contributed by atoms with Crippen molar-refractivity contribution in [2.24, 2.45) is 0 Å². The second-order valence-corrected chi connectivity index (χ2v) is 5.05. The van der Waals surface area contributed by atoms with Gasteiger partial charge in [0.1, 0.15) is 5.82 Å². The van der Waals surface area contributed by atoms with Crippen LogP contribution >= 0.6 is 12.2 Å². The molecule has 1 heterocycles. The van der Waals surface area contributed by atoms with Gasteiger partial charge < -0.3 is 9.30 Å². The maximum atomic E-state index is 13.1. The molecule has 0 radical (unpaired) electrons. The summed E-state index contributed by atoms with van der Waals surface area (Å²) in [5.41, 5.74) is 0. The average Bonchev–Trinajstić information content (AvgIpc) is 2.68. The van der Waals surface area contributed by atoms with E-state index in [-0.39, 0.29) is 18.8 Å².